The molecule has 0 saturated carbocycles. The molecule has 0 spiro atoms. The molecule has 3 heterocycles. The second kappa shape index (κ2) is 7.61. The molecule has 1 aliphatic rings. The fourth-order valence-corrected chi connectivity index (χ4v) is 4.16. The van der Waals surface area contributed by atoms with Gasteiger partial charge in [-0.15, -0.1) is 0 Å². The van der Waals surface area contributed by atoms with Gasteiger partial charge in [0.25, 0.3) is 0 Å². The van der Waals surface area contributed by atoms with Crippen LogP contribution in [0.5, 0.6) is 0 Å². The first-order valence-corrected chi connectivity index (χ1v) is 10.2. The maximum atomic E-state index is 13.6. The van der Waals surface area contributed by atoms with Crippen LogP contribution in [0.25, 0.3) is 33.3 Å². The Balaban J connectivity index is 1.60. The molecule has 2 aromatic heterocycles. The van der Waals surface area contributed by atoms with Crippen molar-refractivity contribution in [3.63, 3.8) is 0 Å². The highest BCUT2D eigenvalue weighted by molar-refractivity contribution is 6.31. The molecule has 29 heavy (non-hydrogen) atoms. The van der Waals surface area contributed by atoms with Crippen molar-refractivity contribution in [3.8, 4) is 11.4 Å². The predicted molar refractivity (Wildman–Crippen MR) is 116 cm³/mol. The first kappa shape index (κ1) is 18.3. The van der Waals surface area contributed by atoms with E-state index in [9.17, 15) is 4.39 Å². The molecule has 1 atom stereocenters. The quantitative estimate of drug-likeness (QED) is 0.444. The zero-order valence-corrected chi connectivity index (χ0v) is 16.6. The van der Waals surface area contributed by atoms with E-state index in [2.05, 4.69) is 25.6 Å². The van der Waals surface area contributed by atoms with Crippen molar-refractivity contribution in [2.24, 2.45) is 5.92 Å². The van der Waals surface area contributed by atoms with E-state index in [4.69, 9.17) is 11.6 Å². The average molecular weight is 410 g/mol. The fourth-order valence-electron chi connectivity index (χ4n) is 3.99. The number of rotatable bonds is 4. The first-order chi connectivity index (χ1) is 14.2. The lowest BCUT2D eigenvalue weighted by atomic mass is 9.99. The van der Waals surface area contributed by atoms with Gasteiger partial charge in [-0.2, -0.15) is 0 Å². The van der Waals surface area contributed by atoms with Crippen molar-refractivity contribution in [2.45, 2.75) is 12.8 Å². The van der Waals surface area contributed by atoms with Gasteiger partial charge >= 0.3 is 0 Å². The molecule has 4 aromatic rings. The van der Waals surface area contributed by atoms with Crippen LogP contribution in [0, 0.1) is 11.7 Å². The van der Waals surface area contributed by atoms with Crippen molar-refractivity contribution in [3.05, 3.63) is 53.4 Å². The SMILES string of the molecule is Fc1ccc2nc(-c3cnc4ccc(Cl)cc4c3NCC3CCCNC3)[nH]c2c1. The third-order valence-electron chi connectivity index (χ3n) is 5.50. The van der Waals surface area contributed by atoms with Crippen molar-refractivity contribution < 1.29 is 4.39 Å². The molecular weight excluding hydrogens is 389 g/mol. The lowest BCUT2D eigenvalue weighted by Crippen LogP contribution is -2.33. The Morgan fingerprint density at radius 2 is 2.07 bits per heavy atom. The minimum atomic E-state index is -0.292. The Morgan fingerprint density at radius 3 is 2.93 bits per heavy atom. The van der Waals surface area contributed by atoms with Gasteiger partial charge in [0, 0.05) is 23.2 Å². The number of fused-ring (bicyclic) bond motifs is 2. The number of piperidine rings is 1. The minimum Gasteiger partial charge on any atom is -0.384 e. The number of aromatic amines is 1. The summed E-state index contributed by atoms with van der Waals surface area (Å²) in [5.74, 6) is 0.923. The number of anilines is 1. The average Bonchev–Trinajstić information content (AvgIpc) is 3.15. The maximum absolute atomic E-state index is 13.6. The molecule has 5 rings (SSSR count). The lowest BCUT2D eigenvalue weighted by Gasteiger charge is -2.24. The number of hydrogen-bond acceptors (Lipinski definition) is 4. The molecule has 1 saturated heterocycles. The fraction of sp³-hybridized carbons (Fsp3) is 0.273. The van der Waals surface area contributed by atoms with Crippen LogP contribution in [0.3, 0.4) is 0 Å². The van der Waals surface area contributed by atoms with E-state index in [1.807, 2.05) is 24.4 Å². The summed E-state index contributed by atoms with van der Waals surface area (Å²) in [5, 5.41) is 8.70. The highest BCUT2D eigenvalue weighted by Crippen LogP contribution is 2.35. The number of nitrogens with one attached hydrogen (secondary N) is 3. The number of pyridine rings is 1. The van der Waals surface area contributed by atoms with E-state index in [1.54, 1.807) is 6.07 Å². The zero-order chi connectivity index (χ0) is 19.8. The summed E-state index contributed by atoms with van der Waals surface area (Å²) in [7, 11) is 0. The Labute approximate surface area is 172 Å². The van der Waals surface area contributed by atoms with E-state index >= 15 is 0 Å². The minimum absolute atomic E-state index is 0.292. The Kier molecular flexibility index (Phi) is 4.81. The van der Waals surface area contributed by atoms with Crippen LogP contribution in [0.1, 0.15) is 12.8 Å². The molecule has 1 aliphatic heterocycles. The molecule has 1 fully saturated rings. The van der Waals surface area contributed by atoms with Gasteiger partial charge < -0.3 is 15.6 Å². The molecule has 3 N–H and O–H groups in total. The third-order valence-corrected chi connectivity index (χ3v) is 5.73. The Bertz CT molecular complexity index is 1180. The summed E-state index contributed by atoms with van der Waals surface area (Å²) < 4.78 is 13.6. The molecule has 0 bridgehead atoms. The second-order valence-corrected chi connectivity index (χ2v) is 7.98. The van der Waals surface area contributed by atoms with Crippen molar-refractivity contribution in [1.82, 2.24) is 20.3 Å². The van der Waals surface area contributed by atoms with Gasteiger partial charge in [-0.25, -0.2) is 9.37 Å². The number of aromatic nitrogens is 3. The summed E-state index contributed by atoms with van der Waals surface area (Å²) in [5.41, 5.74) is 4.04. The standard InChI is InChI=1S/C22H21ClFN5/c23-14-3-5-18-16(8-14)21(27-11-13-2-1-7-25-10-13)17(12-26-18)22-28-19-6-4-15(24)9-20(19)29-22/h3-6,8-9,12-13,25H,1-2,7,10-11H2,(H,26,27)(H,28,29). The van der Waals surface area contributed by atoms with E-state index in [0.717, 1.165) is 47.3 Å². The summed E-state index contributed by atoms with van der Waals surface area (Å²) in [6, 6.07) is 10.2. The number of hydrogen-bond donors (Lipinski definition) is 3. The largest absolute Gasteiger partial charge is 0.384 e. The van der Waals surface area contributed by atoms with Gasteiger partial charge in [0.2, 0.25) is 0 Å². The van der Waals surface area contributed by atoms with Crippen molar-refractivity contribution in [1.29, 1.82) is 0 Å². The normalized spacial score (nSPS) is 17.1. The number of H-pyrrole nitrogens is 1. The van der Waals surface area contributed by atoms with Gasteiger partial charge in [-0.1, -0.05) is 11.6 Å². The van der Waals surface area contributed by atoms with Crippen LogP contribution >= 0.6 is 11.6 Å². The number of imidazole rings is 1. The van der Waals surface area contributed by atoms with Gasteiger partial charge in [0.1, 0.15) is 11.6 Å². The zero-order valence-electron chi connectivity index (χ0n) is 15.8. The third kappa shape index (κ3) is 3.66. The van der Waals surface area contributed by atoms with E-state index in [1.165, 1.54) is 25.0 Å². The van der Waals surface area contributed by atoms with Crippen LogP contribution in [-0.2, 0) is 0 Å². The van der Waals surface area contributed by atoms with Gasteiger partial charge in [0.05, 0.1) is 27.8 Å². The van der Waals surface area contributed by atoms with Crippen LogP contribution in [0.2, 0.25) is 5.02 Å². The van der Waals surface area contributed by atoms with E-state index < -0.39 is 0 Å². The Hall–Kier alpha value is -2.70. The molecule has 148 valence electrons. The highest BCUT2D eigenvalue weighted by atomic mass is 35.5. The molecule has 2 aromatic carbocycles. The molecule has 1 unspecified atom stereocenters. The first-order valence-electron chi connectivity index (χ1n) is 9.86. The van der Waals surface area contributed by atoms with E-state index in [0.29, 0.717) is 22.3 Å². The lowest BCUT2D eigenvalue weighted by molar-refractivity contribution is 0.393. The smallest absolute Gasteiger partial charge is 0.142 e. The topological polar surface area (TPSA) is 65.6 Å². The van der Waals surface area contributed by atoms with Crippen LogP contribution in [0.15, 0.2) is 42.6 Å². The van der Waals surface area contributed by atoms with Crippen molar-refractivity contribution in [2.75, 3.05) is 25.0 Å². The predicted octanol–water partition coefficient (Wildman–Crippen LogP) is 4.98. The van der Waals surface area contributed by atoms with Crippen molar-refractivity contribution >= 4 is 39.2 Å². The molecule has 5 nitrogen and oxygen atoms in total. The number of nitrogens with zero attached hydrogens (tertiary/aromatic N) is 2. The maximum Gasteiger partial charge on any atom is 0.142 e. The van der Waals surface area contributed by atoms with E-state index in [-0.39, 0.29) is 5.82 Å². The molecule has 0 amide bonds. The summed E-state index contributed by atoms with van der Waals surface area (Å²) in [4.78, 5) is 12.5. The summed E-state index contributed by atoms with van der Waals surface area (Å²) >= 11 is 6.29. The highest BCUT2D eigenvalue weighted by Gasteiger charge is 2.18. The van der Waals surface area contributed by atoms with Crippen LogP contribution in [0.4, 0.5) is 10.1 Å². The number of halogens is 2. The van der Waals surface area contributed by atoms with Gasteiger partial charge in [-0.3, -0.25) is 4.98 Å². The molecule has 0 radical (unpaired) electrons. The summed E-state index contributed by atoms with van der Waals surface area (Å²) in [6.07, 6.45) is 4.20. The summed E-state index contributed by atoms with van der Waals surface area (Å²) in [6.45, 7) is 2.95. The Morgan fingerprint density at radius 1 is 1.17 bits per heavy atom. The number of benzene rings is 2. The van der Waals surface area contributed by atoms with Gasteiger partial charge in [0.15, 0.2) is 0 Å². The van der Waals surface area contributed by atoms with Crippen LogP contribution in [-0.4, -0.2) is 34.6 Å². The second-order valence-electron chi connectivity index (χ2n) is 7.55. The molecular formula is C22H21ClFN5. The van der Waals surface area contributed by atoms with Crippen LogP contribution < -0.4 is 10.6 Å². The molecule has 7 heteroatoms. The molecule has 0 aliphatic carbocycles. The monoisotopic (exact) mass is 409 g/mol. The van der Waals surface area contributed by atoms with Gasteiger partial charge in [-0.05, 0) is 68.2 Å².